The average Bonchev–Trinajstić information content (AvgIpc) is 2.84. The minimum atomic E-state index is 0.104. The van der Waals surface area contributed by atoms with Crippen LogP contribution in [0.3, 0.4) is 0 Å². The Kier molecular flexibility index (Phi) is 3.09. The van der Waals surface area contributed by atoms with E-state index in [0.29, 0.717) is 6.01 Å². The molecule has 2 N–H and O–H groups in total. The molecule has 0 atom stereocenters. The van der Waals surface area contributed by atoms with E-state index in [0.717, 1.165) is 6.54 Å². The van der Waals surface area contributed by atoms with Crippen LogP contribution in [0.2, 0.25) is 0 Å². The predicted octanol–water partition coefficient (Wildman–Crippen LogP) is 2.13. The fraction of sp³-hybridized carbons (Fsp3) is 0.400. The van der Waals surface area contributed by atoms with Crippen molar-refractivity contribution in [1.29, 1.82) is 0 Å². The van der Waals surface area contributed by atoms with Gasteiger partial charge in [-0.1, -0.05) is 16.3 Å². The number of nitrogen functional groups attached to an aromatic ring is 1. The second kappa shape index (κ2) is 4.52. The maximum atomic E-state index is 5.43. The van der Waals surface area contributed by atoms with Gasteiger partial charge in [0.05, 0.1) is 6.54 Å². The first-order valence-electron chi connectivity index (χ1n) is 5.05. The van der Waals surface area contributed by atoms with Gasteiger partial charge in [0, 0.05) is 10.9 Å². The highest BCUT2D eigenvalue weighted by Gasteiger charge is 2.17. The van der Waals surface area contributed by atoms with E-state index in [-0.39, 0.29) is 12.1 Å². The molecule has 2 heterocycles. The largest absolute Gasteiger partial charge is 0.390 e. The molecule has 0 aliphatic carbocycles. The molecule has 0 aliphatic heterocycles. The highest BCUT2D eigenvalue weighted by atomic mass is 32.1. The average molecular weight is 238 g/mol. The van der Waals surface area contributed by atoms with Gasteiger partial charge in [-0.05, 0) is 25.3 Å². The molecule has 16 heavy (non-hydrogen) atoms. The zero-order chi connectivity index (χ0) is 11.5. The van der Waals surface area contributed by atoms with Crippen LogP contribution in [0.1, 0.15) is 18.7 Å². The SMILES string of the molecule is CC(C)N(Cc1cccs1)c1nnc(N)o1. The van der Waals surface area contributed by atoms with Gasteiger partial charge < -0.3 is 15.1 Å². The minimum absolute atomic E-state index is 0.104. The number of rotatable bonds is 4. The molecule has 6 heteroatoms. The van der Waals surface area contributed by atoms with E-state index in [2.05, 4.69) is 35.5 Å². The number of hydrogen-bond donors (Lipinski definition) is 1. The van der Waals surface area contributed by atoms with E-state index in [1.54, 1.807) is 11.3 Å². The van der Waals surface area contributed by atoms with E-state index in [1.165, 1.54) is 4.88 Å². The van der Waals surface area contributed by atoms with Gasteiger partial charge >= 0.3 is 12.0 Å². The van der Waals surface area contributed by atoms with Crippen molar-refractivity contribution in [3.63, 3.8) is 0 Å². The van der Waals surface area contributed by atoms with Gasteiger partial charge in [-0.3, -0.25) is 0 Å². The van der Waals surface area contributed by atoms with Gasteiger partial charge in [-0.15, -0.1) is 11.3 Å². The number of nitrogens with zero attached hydrogens (tertiary/aromatic N) is 3. The number of nitrogens with two attached hydrogens (primary N) is 1. The Morgan fingerprint density at radius 3 is 2.81 bits per heavy atom. The Bertz CT molecular complexity index is 437. The molecule has 0 saturated carbocycles. The lowest BCUT2D eigenvalue weighted by Gasteiger charge is -2.23. The summed E-state index contributed by atoms with van der Waals surface area (Å²) in [6.07, 6.45) is 0. The molecule has 0 aromatic carbocycles. The molecule has 2 aromatic heterocycles. The maximum absolute atomic E-state index is 5.43. The Labute approximate surface area is 97.9 Å². The lowest BCUT2D eigenvalue weighted by atomic mass is 10.3. The minimum Gasteiger partial charge on any atom is -0.390 e. The fourth-order valence-corrected chi connectivity index (χ4v) is 2.09. The molecule has 0 saturated heterocycles. The third-order valence-corrected chi connectivity index (χ3v) is 3.07. The van der Waals surface area contributed by atoms with E-state index >= 15 is 0 Å². The summed E-state index contributed by atoms with van der Waals surface area (Å²) in [5.41, 5.74) is 5.43. The quantitative estimate of drug-likeness (QED) is 0.883. The van der Waals surface area contributed by atoms with Crippen molar-refractivity contribution in [1.82, 2.24) is 10.2 Å². The summed E-state index contributed by atoms with van der Waals surface area (Å²) in [6, 6.07) is 4.97. The molecule has 2 rings (SSSR count). The summed E-state index contributed by atoms with van der Waals surface area (Å²) in [5.74, 6) is 0. The number of anilines is 2. The van der Waals surface area contributed by atoms with Crippen LogP contribution in [0.15, 0.2) is 21.9 Å². The van der Waals surface area contributed by atoms with E-state index in [4.69, 9.17) is 10.2 Å². The Hall–Kier alpha value is -1.56. The van der Waals surface area contributed by atoms with E-state index in [9.17, 15) is 0 Å². The monoisotopic (exact) mass is 238 g/mol. The number of thiophene rings is 1. The van der Waals surface area contributed by atoms with Crippen LogP contribution >= 0.6 is 11.3 Å². The Balaban J connectivity index is 2.18. The van der Waals surface area contributed by atoms with Crippen molar-refractivity contribution in [3.8, 4) is 0 Å². The third kappa shape index (κ3) is 2.33. The topological polar surface area (TPSA) is 68.2 Å². The summed E-state index contributed by atoms with van der Waals surface area (Å²) in [5, 5.41) is 9.63. The summed E-state index contributed by atoms with van der Waals surface area (Å²) < 4.78 is 5.24. The van der Waals surface area contributed by atoms with Gasteiger partial charge in [0.2, 0.25) is 0 Å². The first-order chi connectivity index (χ1) is 7.66. The van der Waals surface area contributed by atoms with Gasteiger partial charge in [-0.2, -0.15) is 0 Å². The van der Waals surface area contributed by atoms with Crippen LogP contribution in [0.5, 0.6) is 0 Å². The second-order valence-corrected chi connectivity index (χ2v) is 4.76. The smallest absolute Gasteiger partial charge is 0.320 e. The molecule has 0 fully saturated rings. The van der Waals surface area contributed by atoms with Crippen molar-refractivity contribution >= 4 is 23.4 Å². The predicted molar refractivity (Wildman–Crippen MR) is 64.3 cm³/mol. The first kappa shape index (κ1) is 10.9. The van der Waals surface area contributed by atoms with Crippen molar-refractivity contribution < 1.29 is 4.42 Å². The first-order valence-corrected chi connectivity index (χ1v) is 5.93. The molecule has 0 radical (unpaired) electrons. The summed E-state index contributed by atoms with van der Waals surface area (Å²) in [4.78, 5) is 3.28. The zero-order valence-corrected chi connectivity index (χ0v) is 10.1. The van der Waals surface area contributed by atoms with Crippen molar-refractivity contribution in [2.75, 3.05) is 10.6 Å². The Morgan fingerprint density at radius 1 is 1.50 bits per heavy atom. The molecule has 2 aromatic rings. The number of aromatic nitrogens is 2. The van der Waals surface area contributed by atoms with E-state index in [1.807, 2.05) is 11.0 Å². The van der Waals surface area contributed by atoms with Gasteiger partial charge in [0.15, 0.2) is 0 Å². The normalized spacial score (nSPS) is 10.9. The molecule has 0 aliphatic rings. The lowest BCUT2D eigenvalue weighted by Crippen LogP contribution is -2.30. The van der Waals surface area contributed by atoms with Crippen LogP contribution < -0.4 is 10.6 Å². The standard InChI is InChI=1S/C10H14N4OS/c1-7(2)14(6-8-4-3-5-16-8)10-13-12-9(11)15-10/h3-5,7H,6H2,1-2H3,(H2,11,12). The molecule has 0 unspecified atom stereocenters. The lowest BCUT2D eigenvalue weighted by molar-refractivity contribution is 0.523. The third-order valence-electron chi connectivity index (χ3n) is 2.21. The van der Waals surface area contributed by atoms with Gasteiger partial charge in [0.1, 0.15) is 0 Å². The molecule has 0 bridgehead atoms. The Morgan fingerprint density at radius 2 is 2.31 bits per heavy atom. The molecular formula is C10H14N4OS. The molecule has 5 nitrogen and oxygen atoms in total. The maximum Gasteiger partial charge on any atom is 0.320 e. The van der Waals surface area contributed by atoms with Crippen molar-refractivity contribution in [2.45, 2.75) is 26.4 Å². The van der Waals surface area contributed by atoms with Crippen molar-refractivity contribution in [3.05, 3.63) is 22.4 Å². The van der Waals surface area contributed by atoms with E-state index < -0.39 is 0 Å². The molecule has 86 valence electrons. The van der Waals surface area contributed by atoms with Gasteiger partial charge in [0.25, 0.3) is 0 Å². The highest BCUT2D eigenvalue weighted by Crippen LogP contribution is 2.21. The van der Waals surface area contributed by atoms with Crippen LogP contribution in [-0.4, -0.2) is 16.2 Å². The summed E-state index contributed by atoms with van der Waals surface area (Å²) in [7, 11) is 0. The molecule has 0 amide bonds. The van der Waals surface area contributed by atoms with Gasteiger partial charge in [-0.25, -0.2) is 0 Å². The van der Waals surface area contributed by atoms with Crippen molar-refractivity contribution in [2.24, 2.45) is 0 Å². The summed E-state index contributed by atoms with van der Waals surface area (Å²) >= 11 is 1.71. The molecular weight excluding hydrogens is 224 g/mol. The number of hydrogen-bond acceptors (Lipinski definition) is 6. The van der Waals surface area contributed by atoms with Crippen LogP contribution in [0.25, 0.3) is 0 Å². The van der Waals surface area contributed by atoms with Crippen LogP contribution in [0, 0.1) is 0 Å². The zero-order valence-electron chi connectivity index (χ0n) is 9.25. The fourth-order valence-electron chi connectivity index (χ4n) is 1.38. The molecule has 0 spiro atoms. The highest BCUT2D eigenvalue weighted by molar-refractivity contribution is 7.09. The summed E-state index contributed by atoms with van der Waals surface area (Å²) in [6.45, 7) is 4.92. The second-order valence-electron chi connectivity index (χ2n) is 3.72. The van der Waals surface area contributed by atoms with Crippen LogP contribution in [0.4, 0.5) is 12.0 Å². The van der Waals surface area contributed by atoms with Crippen LogP contribution in [-0.2, 0) is 6.54 Å².